The maximum atomic E-state index is 10.0. The van der Waals surface area contributed by atoms with Crippen molar-refractivity contribution < 1.29 is 14.6 Å². The predicted molar refractivity (Wildman–Crippen MR) is 264 cm³/mol. The molecular weight excluding hydrogens is 789 g/mol. The van der Waals surface area contributed by atoms with Crippen molar-refractivity contribution in [1.29, 1.82) is 0 Å². The maximum absolute atomic E-state index is 10.0. The zero-order valence-corrected chi connectivity index (χ0v) is 35.8. The van der Waals surface area contributed by atoms with E-state index in [0.717, 1.165) is 85.3 Å². The topological polar surface area (TPSA) is 54.3 Å². The van der Waals surface area contributed by atoms with Gasteiger partial charge in [0, 0.05) is 88.0 Å². The maximum Gasteiger partial charge on any atom is 0.192 e. The van der Waals surface area contributed by atoms with Crippen molar-refractivity contribution in [3.8, 4) is 11.5 Å². The van der Waals surface area contributed by atoms with Gasteiger partial charge in [-0.05, 0) is 115 Å². The number of hydrogen-bond acceptors (Lipinski definition) is 7. The molecule has 0 aliphatic carbocycles. The fourth-order valence-electron chi connectivity index (χ4n) is 8.11. The standard InChI is InChI=1S/C57H48N4O3/c1-63-55-25-15-24-54(41-55)60(45-19-8-4-9-20-45)51-34-30-48(31-35-51)58(47-28-32-50(33-29-47)59(44-17-6-3-7-18-44)53-23-14-16-43(40-53)42-62)49-36-38-52(39-37-49)61(46-21-10-5-11-22-46)56-26-12-13-27-57(56)64-2/h3-41,62H,42H2,1-2H3/q+1. The molecule has 7 heteroatoms. The average molecular weight is 837 g/mol. The lowest BCUT2D eigenvalue weighted by molar-refractivity contribution is 0.282. The summed E-state index contributed by atoms with van der Waals surface area (Å²) in [6.07, 6.45) is 0. The van der Waals surface area contributed by atoms with E-state index in [4.69, 9.17) is 9.47 Å². The third-order valence-corrected chi connectivity index (χ3v) is 11.1. The lowest BCUT2D eigenvalue weighted by atomic mass is 10.1. The highest BCUT2D eigenvalue weighted by Crippen LogP contribution is 2.44. The van der Waals surface area contributed by atoms with E-state index in [2.05, 4.69) is 177 Å². The van der Waals surface area contributed by atoms with E-state index in [1.165, 1.54) is 0 Å². The number of nitrogens with zero attached hydrogens (tertiary/aromatic N) is 4. The summed E-state index contributed by atoms with van der Waals surface area (Å²) in [4.78, 5) is 8.95. The van der Waals surface area contributed by atoms with Gasteiger partial charge in [-0.3, -0.25) is 0 Å². The predicted octanol–water partition coefficient (Wildman–Crippen LogP) is 15.0. The average Bonchev–Trinajstić information content (AvgIpc) is 3.37. The number of aliphatic hydroxyl groups is 1. The third kappa shape index (κ3) is 8.80. The zero-order valence-electron chi connectivity index (χ0n) is 35.8. The molecule has 0 unspecified atom stereocenters. The molecule has 9 aromatic rings. The van der Waals surface area contributed by atoms with Gasteiger partial charge in [0.1, 0.15) is 11.5 Å². The van der Waals surface area contributed by atoms with Crippen LogP contribution < -0.4 is 29.1 Å². The van der Waals surface area contributed by atoms with Crippen LogP contribution in [0.4, 0.5) is 68.2 Å². The Morgan fingerprint density at radius 3 is 1.22 bits per heavy atom. The van der Waals surface area contributed by atoms with E-state index >= 15 is 0 Å². The van der Waals surface area contributed by atoms with Crippen LogP contribution in [0.3, 0.4) is 0 Å². The van der Waals surface area contributed by atoms with Crippen LogP contribution in [0.15, 0.2) is 237 Å². The highest BCUT2D eigenvalue weighted by atomic mass is 16.5. The summed E-state index contributed by atoms with van der Waals surface area (Å²) in [6.45, 7) is -0.0351. The van der Waals surface area contributed by atoms with Gasteiger partial charge in [-0.1, -0.05) is 89.8 Å². The molecule has 7 nitrogen and oxygen atoms in total. The molecule has 0 atom stereocenters. The van der Waals surface area contributed by atoms with Crippen LogP contribution >= 0.6 is 0 Å². The van der Waals surface area contributed by atoms with E-state index in [-0.39, 0.29) is 6.61 Å². The molecule has 64 heavy (non-hydrogen) atoms. The van der Waals surface area contributed by atoms with Crippen LogP contribution in [0.2, 0.25) is 0 Å². The van der Waals surface area contributed by atoms with Crippen molar-refractivity contribution in [2.24, 2.45) is 0 Å². The highest BCUT2D eigenvalue weighted by molar-refractivity contribution is 5.83. The van der Waals surface area contributed by atoms with E-state index in [1.54, 1.807) is 14.2 Å². The molecule has 0 aromatic heterocycles. The first-order chi connectivity index (χ1) is 31.6. The summed E-state index contributed by atoms with van der Waals surface area (Å²) in [6, 6.07) is 81.3. The Kier molecular flexibility index (Phi) is 12.4. The van der Waals surface area contributed by atoms with Gasteiger partial charge in [0.2, 0.25) is 0 Å². The Labute approximate surface area is 375 Å². The SMILES string of the molecule is COc1cccc(N(c2ccccc2)c2ccc([N+](c3ccc(N(c4ccccc4)c4cccc(CO)c4)cc3)c3ccc(N(c4ccccc4)c4ccccc4OC)cc3)cc2)c1. The van der Waals surface area contributed by atoms with Crippen molar-refractivity contribution in [2.75, 3.05) is 28.9 Å². The molecule has 9 rings (SSSR count). The first kappa shape index (κ1) is 41.3. The van der Waals surface area contributed by atoms with Crippen molar-refractivity contribution in [1.82, 2.24) is 4.90 Å². The molecule has 0 saturated heterocycles. The first-order valence-corrected chi connectivity index (χ1v) is 21.2. The Hall–Kier alpha value is -8.10. The van der Waals surface area contributed by atoms with Gasteiger partial charge in [0.15, 0.2) is 17.1 Å². The molecule has 1 radical (unpaired) electrons. The summed E-state index contributed by atoms with van der Waals surface area (Å²) < 4.78 is 11.5. The Balaban J connectivity index is 1.14. The molecule has 0 aliphatic heterocycles. The van der Waals surface area contributed by atoms with Crippen LogP contribution in [0.25, 0.3) is 0 Å². The van der Waals surface area contributed by atoms with Crippen LogP contribution in [-0.2, 0) is 6.61 Å². The van der Waals surface area contributed by atoms with Crippen LogP contribution in [0, 0.1) is 0 Å². The molecule has 313 valence electrons. The van der Waals surface area contributed by atoms with Gasteiger partial charge in [0.05, 0.1) is 26.5 Å². The molecule has 0 aliphatic rings. The summed E-state index contributed by atoms with van der Waals surface area (Å²) in [5, 5.41) is 10.0. The van der Waals surface area contributed by atoms with Gasteiger partial charge < -0.3 is 29.3 Å². The van der Waals surface area contributed by atoms with Crippen LogP contribution in [0.5, 0.6) is 11.5 Å². The summed E-state index contributed by atoms with van der Waals surface area (Å²) in [5.41, 5.74) is 12.8. The van der Waals surface area contributed by atoms with Crippen molar-refractivity contribution in [2.45, 2.75) is 6.61 Å². The fourth-order valence-corrected chi connectivity index (χ4v) is 8.11. The molecule has 0 bridgehead atoms. The second-order valence-electron chi connectivity index (χ2n) is 15.1. The monoisotopic (exact) mass is 836 g/mol. The van der Waals surface area contributed by atoms with E-state index < -0.39 is 0 Å². The second-order valence-corrected chi connectivity index (χ2v) is 15.1. The van der Waals surface area contributed by atoms with Crippen LogP contribution in [0.1, 0.15) is 5.56 Å². The summed E-state index contributed by atoms with van der Waals surface area (Å²) in [7, 11) is 3.40. The van der Waals surface area contributed by atoms with Gasteiger partial charge in [-0.15, -0.1) is 0 Å². The van der Waals surface area contributed by atoms with Gasteiger partial charge >= 0.3 is 0 Å². The number of para-hydroxylation sites is 5. The Morgan fingerprint density at radius 1 is 0.359 bits per heavy atom. The zero-order chi connectivity index (χ0) is 43.7. The molecule has 0 fully saturated rings. The first-order valence-electron chi connectivity index (χ1n) is 21.2. The Bertz CT molecular complexity index is 2760. The minimum atomic E-state index is -0.0351. The van der Waals surface area contributed by atoms with Crippen molar-refractivity contribution in [3.05, 3.63) is 242 Å². The number of benzene rings is 9. The quantitative estimate of drug-likeness (QED) is 0.104. The molecule has 1 N–H and O–H groups in total. The number of anilines is 12. The number of rotatable bonds is 15. The molecule has 9 aromatic carbocycles. The number of aliphatic hydroxyl groups excluding tert-OH is 1. The van der Waals surface area contributed by atoms with Gasteiger partial charge in [-0.2, -0.15) is 0 Å². The largest absolute Gasteiger partial charge is 0.497 e. The van der Waals surface area contributed by atoms with Crippen LogP contribution in [-0.4, -0.2) is 19.3 Å². The van der Waals surface area contributed by atoms with Crippen molar-refractivity contribution in [3.63, 3.8) is 0 Å². The number of methoxy groups -OCH3 is 2. The number of ether oxygens (including phenoxy) is 2. The Morgan fingerprint density at radius 2 is 0.750 bits per heavy atom. The molecule has 0 spiro atoms. The van der Waals surface area contributed by atoms with E-state index in [1.807, 2.05) is 78.9 Å². The second kappa shape index (κ2) is 19.3. The van der Waals surface area contributed by atoms with E-state index in [0.29, 0.717) is 0 Å². The summed E-state index contributed by atoms with van der Waals surface area (Å²) >= 11 is 0. The fraction of sp³-hybridized carbons (Fsp3) is 0.0526. The lowest BCUT2D eigenvalue weighted by Gasteiger charge is -2.27. The minimum absolute atomic E-state index is 0.0351. The van der Waals surface area contributed by atoms with E-state index in [9.17, 15) is 5.11 Å². The normalized spacial score (nSPS) is 10.9. The van der Waals surface area contributed by atoms with Gasteiger partial charge in [-0.25, -0.2) is 0 Å². The minimum Gasteiger partial charge on any atom is -0.497 e. The summed E-state index contributed by atoms with van der Waals surface area (Å²) in [5.74, 6) is 1.57. The molecular formula is C57H48N4O3+. The lowest BCUT2D eigenvalue weighted by Crippen LogP contribution is -2.14. The molecule has 0 heterocycles. The smallest absolute Gasteiger partial charge is 0.192 e. The highest BCUT2D eigenvalue weighted by Gasteiger charge is 2.28. The molecule has 0 amide bonds. The molecule has 0 saturated carbocycles. The van der Waals surface area contributed by atoms with Crippen molar-refractivity contribution >= 4 is 68.2 Å². The third-order valence-electron chi connectivity index (χ3n) is 11.1. The number of hydrogen-bond donors (Lipinski definition) is 1. The van der Waals surface area contributed by atoms with Gasteiger partial charge in [0.25, 0.3) is 0 Å².